The first-order valence-electron chi connectivity index (χ1n) is 4.95. The molecule has 7 heteroatoms. The maximum atomic E-state index is 9.53. The second-order valence-electron chi connectivity index (χ2n) is 3.26. The largest absolute Gasteiger partial charge is 0.755 e. The summed E-state index contributed by atoms with van der Waals surface area (Å²) in [5, 5.41) is -0.242. The zero-order valence-corrected chi connectivity index (χ0v) is 10.7. The van der Waals surface area contributed by atoms with Gasteiger partial charge < -0.3 is 15.0 Å². The van der Waals surface area contributed by atoms with Crippen molar-refractivity contribution in [3.63, 3.8) is 0 Å². The van der Waals surface area contributed by atoms with E-state index in [9.17, 15) is 8.76 Å². The average Bonchev–Trinajstić information content (AvgIpc) is 2.28. The molecular formula is C10H13N2O3S2-. The van der Waals surface area contributed by atoms with Crippen LogP contribution in [0.2, 0.25) is 0 Å². The van der Waals surface area contributed by atoms with Gasteiger partial charge in [0.2, 0.25) is 0 Å². The monoisotopic (exact) mass is 273 g/mol. The van der Waals surface area contributed by atoms with Crippen molar-refractivity contribution in [1.82, 2.24) is 4.72 Å². The smallest absolute Gasteiger partial charge is 0.174 e. The van der Waals surface area contributed by atoms with Gasteiger partial charge in [-0.25, -0.2) is 0 Å². The molecule has 0 fully saturated rings. The van der Waals surface area contributed by atoms with Crippen molar-refractivity contribution >= 4 is 28.6 Å². The third-order valence-electron chi connectivity index (χ3n) is 2.00. The molecule has 0 aromatic heterocycles. The Morgan fingerprint density at radius 2 is 2.24 bits per heavy atom. The minimum atomic E-state index is -2.36. The molecule has 94 valence electrons. The zero-order chi connectivity index (χ0) is 12.7. The average molecular weight is 273 g/mol. The van der Waals surface area contributed by atoms with Crippen LogP contribution in [0.3, 0.4) is 0 Å². The van der Waals surface area contributed by atoms with E-state index in [1.165, 1.54) is 12.0 Å². The van der Waals surface area contributed by atoms with Gasteiger partial charge in [-0.3, -0.25) is 8.93 Å². The molecule has 0 saturated heterocycles. The number of para-hydroxylation sites is 1. The van der Waals surface area contributed by atoms with Crippen molar-refractivity contribution in [3.8, 4) is 5.75 Å². The molecule has 0 aliphatic carbocycles. The van der Waals surface area contributed by atoms with E-state index >= 15 is 0 Å². The van der Waals surface area contributed by atoms with E-state index < -0.39 is 11.3 Å². The predicted octanol–water partition coefficient (Wildman–Crippen LogP) is 0.625. The van der Waals surface area contributed by atoms with Crippen molar-refractivity contribution in [2.24, 2.45) is 5.73 Å². The summed E-state index contributed by atoms with van der Waals surface area (Å²) < 4.78 is 26.2. The molecule has 2 rings (SSSR count). The number of hydrogen-bond acceptors (Lipinski definition) is 4. The lowest BCUT2D eigenvalue weighted by Crippen LogP contribution is -2.30. The maximum Gasteiger partial charge on any atom is 0.174 e. The van der Waals surface area contributed by atoms with Gasteiger partial charge in [0.1, 0.15) is 5.75 Å². The Labute approximate surface area is 108 Å². The van der Waals surface area contributed by atoms with Gasteiger partial charge >= 0.3 is 0 Å². The number of aryl methyl sites for hydroxylation is 1. The number of fused-ring (bicyclic) bond motifs is 1. The minimum Gasteiger partial charge on any atom is -0.755 e. The fourth-order valence-electron chi connectivity index (χ4n) is 1.38. The second kappa shape index (κ2) is 7.21. The van der Waals surface area contributed by atoms with Crippen LogP contribution < -0.4 is 15.2 Å². The number of thiocarbonyl (C=S) groups is 1. The summed E-state index contributed by atoms with van der Waals surface area (Å²) >= 11 is 1.78. The Bertz CT molecular complexity index is 375. The van der Waals surface area contributed by atoms with Crippen molar-refractivity contribution in [2.45, 2.75) is 12.8 Å². The van der Waals surface area contributed by atoms with Gasteiger partial charge in [-0.1, -0.05) is 18.2 Å². The van der Waals surface area contributed by atoms with E-state index in [4.69, 9.17) is 10.5 Å². The Kier molecular flexibility index (Phi) is 5.88. The fourth-order valence-corrected chi connectivity index (χ4v) is 1.75. The number of benzene rings is 1. The van der Waals surface area contributed by atoms with Gasteiger partial charge in [0.15, 0.2) is 5.11 Å². The normalized spacial score (nSPS) is 14.4. The van der Waals surface area contributed by atoms with Crippen molar-refractivity contribution in [3.05, 3.63) is 29.8 Å². The molecule has 0 bridgehead atoms. The first-order chi connectivity index (χ1) is 8.09. The molecule has 0 saturated carbocycles. The number of rotatable bonds is 1. The molecular weight excluding hydrogens is 260 g/mol. The molecule has 1 aromatic rings. The van der Waals surface area contributed by atoms with Crippen molar-refractivity contribution in [1.29, 1.82) is 0 Å². The molecule has 1 aliphatic rings. The lowest BCUT2D eigenvalue weighted by atomic mass is 10.1. The summed E-state index contributed by atoms with van der Waals surface area (Å²) in [5.41, 5.74) is 6.08. The quantitative estimate of drug-likeness (QED) is 0.578. The molecule has 1 atom stereocenters. The van der Waals surface area contributed by atoms with E-state index in [-0.39, 0.29) is 5.11 Å². The number of nitrogens with two attached hydrogens (primary N) is 1. The topological polar surface area (TPSA) is 87.4 Å². The van der Waals surface area contributed by atoms with Crippen LogP contribution in [0.15, 0.2) is 24.3 Å². The van der Waals surface area contributed by atoms with E-state index in [1.807, 2.05) is 12.1 Å². The van der Waals surface area contributed by atoms with Crippen molar-refractivity contribution in [2.75, 3.05) is 6.61 Å². The lowest BCUT2D eigenvalue weighted by Gasteiger charge is -2.15. The summed E-state index contributed by atoms with van der Waals surface area (Å²) in [5.74, 6) is 1.08. The van der Waals surface area contributed by atoms with Gasteiger partial charge in [-0.15, -0.1) is 0 Å². The predicted molar refractivity (Wildman–Crippen MR) is 69.1 cm³/mol. The van der Waals surface area contributed by atoms with E-state index in [0.717, 1.165) is 18.8 Å². The summed E-state index contributed by atoms with van der Waals surface area (Å²) in [7, 11) is 0. The van der Waals surface area contributed by atoms with Gasteiger partial charge in [0.05, 0.1) is 6.61 Å². The molecule has 0 spiro atoms. The van der Waals surface area contributed by atoms with Crippen LogP contribution in [0.4, 0.5) is 0 Å². The third-order valence-corrected chi connectivity index (χ3v) is 2.62. The standard InChI is InChI=1S/C9H10O.CH4N2O2S2/c1-2-6-9-8(4-1)5-3-7-10-9;2-1(6)3-7(4)5/h1-2,4,6H,3,5,7H2;(H,4,5)(H3,2,3,6)/p-1. The Morgan fingerprint density at radius 3 is 2.76 bits per heavy atom. The lowest BCUT2D eigenvalue weighted by molar-refractivity contribution is 0.288. The van der Waals surface area contributed by atoms with Crippen LogP contribution in [0.1, 0.15) is 12.0 Å². The van der Waals surface area contributed by atoms with Crippen LogP contribution in [-0.4, -0.2) is 20.5 Å². The first-order valence-corrected chi connectivity index (χ1v) is 6.44. The van der Waals surface area contributed by atoms with E-state index in [1.54, 1.807) is 4.72 Å². The van der Waals surface area contributed by atoms with Gasteiger partial charge in [0, 0.05) is 11.3 Å². The summed E-state index contributed by atoms with van der Waals surface area (Å²) in [4.78, 5) is 0. The second-order valence-corrected chi connectivity index (χ2v) is 4.37. The Morgan fingerprint density at radius 1 is 1.53 bits per heavy atom. The fraction of sp³-hybridized carbons (Fsp3) is 0.300. The first kappa shape index (κ1) is 13.9. The zero-order valence-electron chi connectivity index (χ0n) is 9.05. The summed E-state index contributed by atoms with van der Waals surface area (Å²) in [6, 6.07) is 8.25. The number of nitrogens with one attached hydrogen (secondary N) is 1. The minimum absolute atomic E-state index is 0.242. The van der Waals surface area contributed by atoms with Crippen LogP contribution >= 0.6 is 12.2 Å². The van der Waals surface area contributed by atoms with Gasteiger partial charge in [-0.2, -0.15) is 0 Å². The number of ether oxygens (including phenoxy) is 1. The highest BCUT2D eigenvalue weighted by molar-refractivity contribution is 7.83. The molecule has 1 unspecified atom stereocenters. The summed E-state index contributed by atoms with van der Waals surface area (Å²) in [6.45, 7) is 0.886. The molecule has 0 amide bonds. The molecule has 5 nitrogen and oxygen atoms in total. The van der Waals surface area contributed by atoms with E-state index in [0.29, 0.717) is 0 Å². The highest BCUT2D eigenvalue weighted by atomic mass is 32.2. The molecule has 1 heterocycles. The van der Waals surface area contributed by atoms with Gasteiger partial charge in [-0.05, 0) is 36.7 Å². The molecule has 17 heavy (non-hydrogen) atoms. The maximum absolute atomic E-state index is 9.53. The van der Waals surface area contributed by atoms with Gasteiger partial charge in [0.25, 0.3) is 0 Å². The van der Waals surface area contributed by atoms with Crippen LogP contribution in [0.25, 0.3) is 0 Å². The van der Waals surface area contributed by atoms with Crippen LogP contribution in [0.5, 0.6) is 5.75 Å². The highest BCUT2D eigenvalue weighted by Crippen LogP contribution is 2.22. The SMILES string of the molecule is NC(=S)NS(=O)[O-].c1ccc2c(c1)CCCO2. The van der Waals surface area contributed by atoms with Crippen molar-refractivity contribution < 1.29 is 13.5 Å². The van der Waals surface area contributed by atoms with Crippen LogP contribution in [-0.2, 0) is 17.7 Å². The van der Waals surface area contributed by atoms with Crippen LogP contribution in [0, 0.1) is 0 Å². The highest BCUT2D eigenvalue weighted by Gasteiger charge is 2.06. The number of hydrogen-bond donors (Lipinski definition) is 2. The Balaban J connectivity index is 0.000000185. The third kappa shape index (κ3) is 5.62. The molecule has 3 N–H and O–H groups in total. The van der Waals surface area contributed by atoms with E-state index in [2.05, 4.69) is 24.4 Å². The Hall–Kier alpha value is -1.18. The molecule has 0 radical (unpaired) electrons. The molecule has 1 aliphatic heterocycles. The summed E-state index contributed by atoms with van der Waals surface area (Å²) in [6.07, 6.45) is 2.34. The molecule has 1 aromatic carbocycles.